The number of nitrogens with zero attached hydrogens (tertiary/aromatic N) is 1. The second-order valence-corrected chi connectivity index (χ2v) is 10.0. The van der Waals surface area contributed by atoms with Crippen molar-refractivity contribution in [2.75, 3.05) is 32.8 Å². The van der Waals surface area contributed by atoms with Crippen LogP contribution in [0.1, 0.15) is 74.0 Å². The summed E-state index contributed by atoms with van der Waals surface area (Å²) >= 11 is 5.90. The Morgan fingerprint density at radius 3 is 2.31 bits per heavy atom. The molecule has 0 amide bonds. The molecule has 0 aromatic heterocycles. The van der Waals surface area contributed by atoms with Crippen LogP contribution in [-0.4, -0.2) is 54.9 Å². The summed E-state index contributed by atoms with van der Waals surface area (Å²) < 4.78 is 11.0. The van der Waals surface area contributed by atoms with Crippen LogP contribution in [-0.2, 0) is 27.1 Å². The van der Waals surface area contributed by atoms with Crippen LogP contribution < -0.4 is 0 Å². The van der Waals surface area contributed by atoms with Gasteiger partial charge in [-0.2, -0.15) is 0 Å². The first-order chi connectivity index (χ1) is 17.2. The Morgan fingerprint density at radius 2 is 1.69 bits per heavy atom. The summed E-state index contributed by atoms with van der Waals surface area (Å²) in [4.78, 5) is 14.0. The van der Waals surface area contributed by atoms with Crippen molar-refractivity contribution in [3.8, 4) is 0 Å². The van der Waals surface area contributed by atoms with Gasteiger partial charge in [-0.3, -0.25) is 4.79 Å². The van der Waals surface area contributed by atoms with Gasteiger partial charge in [-0.1, -0.05) is 60.0 Å². The van der Waals surface area contributed by atoms with Gasteiger partial charge < -0.3 is 19.5 Å². The lowest BCUT2D eigenvalue weighted by Gasteiger charge is -2.22. The maximum atomic E-state index is 11.7. The molecule has 2 aromatic carbocycles. The molecule has 1 aliphatic rings. The fourth-order valence-corrected chi connectivity index (χ4v) is 4.70. The van der Waals surface area contributed by atoms with Gasteiger partial charge in [0.05, 0.1) is 25.4 Å². The number of hydrogen-bond donors (Lipinski definition) is 1. The Bertz CT molecular complexity index is 943. The van der Waals surface area contributed by atoms with Gasteiger partial charge in [0, 0.05) is 18.0 Å². The zero-order valence-corrected chi connectivity index (χ0v) is 23.4. The summed E-state index contributed by atoms with van der Waals surface area (Å²) in [5.41, 5.74) is 5.87. The summed E-state index contributed by atoms with van der Waals surface area (Å²) in [6.07, 6.45) is 3.87. The largest absolute Gasteiger partial charge is 0.466 e. The zero-order valence-electron chi connectivity index (χ0n) is 22.7. The molecule has 200 valence electrons. The molecule has 2 aromatic rings. The molecule has 2 unspecified atom stereocenters. The number of aliphatic hydroxyl groups is 1. The van der Waals surface area contributed by atoms with Crippen molar-refractivity contribution in [3.63, 3.8) is 0 Å². The zero-order chi connectivity index (χ0) is 26.5. The molecule has 2 atom stereocenters. The number of likely N-dealkylation sites (tertiary alicyclic amines) is 1. The lowest BCUT2D eigenvalue weighted by atomic mass is 9.97. The van der Waals surface area contributed by atoms with E-state index in [9.17, 15) is 9.90 Å². The lowest BCUT2D eigenvalue weighted by Crippen LogP contribution is -2.33. The molecule has 1 aliphatic heterocycles. The van der Waals surface area contributed by atoms with Crippen molar-refractivity contribution in [2.24, 2.45) is 0 Å². The molecule has 0 aliphatic carbocycles. The Morgan fingerprint density at radius 1 is 1.06 bits per heavy atom. The summed E-state index contributed by atoms with van der Waals surface area (Å²) in [5, 5.41) is 11.1. The van der Waals surface area contributed by atoms with Gasteiger partial charge >= 0.3 is 5.97 Å². The number of rotatable bonds is 11. The fraction of sp³-hybridized carbons (Fsp3) is 0.567. The molecule has 1 saturated heterocycles. The van der Waals surface area contributed by atoms with Crippen molar-refractivity contribution in [1.29, 1.82) is 0 Å². The normalized spacial score (nSPS) is 15.2. The van der Waals surface area contributed by atoms with E-state index in [1.807, 2.05) is 32.9 Å². The van der Waals surface area contributed by atoms with Crippen LogP contribution in [0, 0.1) is 13.8 Å². The van der Waals surface area contributed by atoms with E-state index < -0.39 is 6.10 Å². The number of β-amino-alcohol motifs (C(OH)–C–C–N with tert-alkyl or cyclic N) is 1. The van der Waals surface area contributed by atoms with E-state index in [2.05, 4.69) is 43.0 Å². The molecule has 3 rings (SSSR count). The number of hydrogen-bond acceptors (Lipinski definition) is 5. The molecule has 5 nitrogen and oxygen atoms in total. The first-order valence-electron chi connectivity index (χ1n) is 13.3. The van der Waals surface area contributed by atoms with Crippen LogP contribution in [0.3, 0.4) is 0 Å². The first kappa shape index (κ1) is 30.3. The van der Waals surface area contributed by atoms with E-state index in [1.54, 1.807) is 0 Å². The van der Waals surface area contributed by atoms with Gasteiger partial charge in [0.25, 0.3) is 0 Å². The number of carbonyl (C=O) groups excluding carboxylic acids is 1. The Balaban J connectivity index is 0.000000380. The third-order valence-corrected chi connectivity index (χ3v) is 6.80. The van der Waals surface area contributed by atoms with Crippen LogP contribution in [0.2, 0.25) is 5.02 Å². The van der Waals surface area contributed by atoms with Gasteiger partial charge in [0.15, 0.2) is 0 Å². The number of carbonyl (C=O) groups is 1. The topological polar surface area (TPSA) is 59.0 Å². The highest BCUT2D eigenvalue weighted by atomic mass is 35.5. The molecule has 1 N–H and O–H groups in total. The van der Waals surface area contributed by atoms with Crippen LogP contribution in [0.15, 0.2) is 36.4 Å². The van der Waals surface area contributed by atoms with Crippen LogP contribution in [0.4, 0.5) is 0 Å². The van der Waals surface area contributed by atoms with E-state index in [-0.39, 0.29) is 12.1 Å². The second kappa shape index (κ2) is 16.0. The minimum absolute atomic E-state index is 0.124. The molecular weight excluding hydrogens is 474 g/mol. The van der Waals surface area contributed by atoms with Crippen LogP contribution in [0.5, 0.6) is 0 Å². The van der Waals surface area contributed by atoms with Gasteiger partial charge in [-0.05, 0) is 89.2 Å². The van der Waals surface area contributed by atoms with Gasteiger partial charge in [0.2, 0.25) is 0 Å². The molecule has 0 spiro atoms. The van der Waals surface area contributed by atoms with E-state index >= 15 is 0 Å². The third kappa shape index (κ3) is 10.6. The van der Waals surface area contributed by atoms with E-state index in [4.69, 9.17) is 21.1 Å². The molecule has 0 saturated carbocycles. The summed E-state index contributed by atoms with van der Waals surface area (Å²) in [5.74, 6) is -0.172. The van der Waals surface area contributed by atoms with Crippen LogP contribution in [0.25, 0.3) is 0 Å². The number of aryl methyl sites for hydroxylation is 4. The lowest BCUT2D eigenvalue weighted by molar-refractivity contribution is -0.143. The van der Waals surface area contributed by atoms with Crippen molar-refractivity contribution < 1.29 is 19.4 Å². The smallest absolute Gasteiger partial charge is 0.306 e. The van der Waals surface area contributed by atoms with E-state index in [1.165, 1.54) is 24.0 Å². The minimum Gasteiger partial charge on any atom is -0.466 e. The maximum absolute atomic E-state index is 11.7. The molecule has 0 radical (unpaired) electrons. The Hall–Kier alpha value is -1.92. The van der Waals surface area contributed by atoms with Gasteiger partial charge in [-0.25, -0.2) is 0 Å². The molecule has 36 heavy (non-hydrogen) atoms. The summed E-state index contributed by atoms with van der Waals surface area (Å²) in [7, 11) is 0. The monoisotopic (exact) mass is 517 g/mol. The molecular formula is C30H44ClNO4. The quantitative estimate of drug-likeness (QED) is 0.358. The van der Waals surface area contributed by atoms with Crippen LogP contribution >= 0.6 is 11.6 Å². The van der Waals surface area contributed by atoms with E-state index in [0.717, 1.165) is 41.2 Å². The number of halogens is 1. The van der Waals surface area contributed by atoms with Crippen molar-refractivity contribution >= 4 is 17.6 Å². The third-order valence-electron chi connectivity index (χ3n) is 6.43. The van der Waals surface area contributed by atoms with E-state index in [0.29, 0.717) is 32.6 Å². The molecule has 1 heterocycles. The molecule has 0 bridgehead atoms. The SMILES string of the molecule is CCOC(=O)CCc1cc(C)ccc1C(C)OCC(O)CN1CCCC1.CCc1cc(C)ccc1Cl. The van der Waals surface area contributed by atoms with Gasteiger partial charge in [0.1, 0.15) is 0 Å². The van der Waals surface area contributed by atoms with Crippen molar-refractivity contribution in [1.82, 2.24) is 4.90 Å². The second-order valence-electron chi connectivity index (χ2n) is 9.59. The number of ether oxygens (including phenoxy) is 2. The fourth-order valence-electron chi connectivity index (χ4n) is 4.45. The number of benzene rings is 2. The number of esters is 1. The standard InChI is InChI=1S/C21H33NO4.C9H11Cl/c1-4-25-21(24)10-8-18-13-16(2)7-9-20(18)17(3)26-15-19(23)14-22-11-5-6-12-22;1-3-8-6-7(2)4-5-9(8)10/h7,9,13,17,19,23H,4-6,8,10-12,14-15H2,1-3H3;4-6H,3H2,1-2H3. The predicted octanol–water partition coefficient (Wildman–Crippen LogP) is 6.24. The summed E-state index contributed by atoms with van der Waals surface area (Å²) in [6.45, 7) is 13.6. The number of aliphatic hydroxyl groups excluding tert-OH is 1. The first-order valence-corrected chi connectivity index (χ1v) is 13.6. The highest BCUT2D eigenvalue weighted by molar-refractivity contribution is 6.31. The Labute approximate surface area is 222 Å². The molecule has 1 fully saturated rings. The van der Waals surface area contributed by atoms with Crippen molar-refractivity contribution in [3.05, 3.63) is 69.2 Å². The average molecular weight is 518 g/mol. The Kier molecular flexibility index (Phi) is 13.5. The summed E-state index contributed by atoms with van der Waals surface area (Å²) in [6, 6.07) is 12.3. The van der Waals surface area contributed by atoms with Crippen molar-refractivity contribution in [2.45, 2.75) is 78.9 Å². The molecule has 6 heteroatoms. The minimum atomic E-state index is -0.469. The highest BCUT2D eigenvalue weighted by Gasteiger charge is 2.18. The predicted molar refractivity (Wildman–Crippen MR) is 148 cm³/mol. The van der Waals surface area contributed by atoms with Gasteiger partial charge in [-0.15, -0.1) is 0 Å². The maximum Gasteiger partial charge on any atom is 0.306 e. The average Bonchev–Trinajstić information content (AvgIpc) is 3.36. The highest BCUT2D eigenvalue weighted by Crippen LogP contribution is 2.24.